The van der Waals surface area contributed by atoms with Crippen LogP contribution in [-0.2, 0) is 15.1 Å². The first-order chi connectivity index (χ1) is 8.41. The number of carboxylic acid groups (broad SMARTS) is 1. The monoisotopic (exact) mass is 266 g/mol. The molecule has 1 heterocycles. The summed E-state index contributed by atoms with van der Waals surface area (Å²) < 4.78 is 22.0. The summed E-state index contributed by atoms with van der Waals surface area (Å²) >= 11 is 0. The molecule has 0 fully saturated rings. The van der Waals surface area contributed by atoms with Crippen molar-refractivity contribution in [2.24, 2.45) is 4.99 Å². The van der Waals surface area contributed by atoms with Crippen LogP contribution in [0.1, 0.15) is 0 Å². The molecule has 2 rings (SSSR count). The van der Waals surface area contributed by atoms with Gasteiger partial charge >= 0.3 is 5.97 Å². The Bertz CT molecular complexity index is 783. The van der Waals surface area contributed by atoms with Gasteiger partial charge in [0, 0.05) is 25.0 Å². The number of anilines is 1. The smallest absolute Gasteiger partial charge is 0.339 e. The highest BCUT2D eigenvalue weighted by molar-refractivity contribution is 7.74. The van der Waals surface area contributed by atoms with E-state index in [2.05, 4.69) is 4.99 Å². The standard InChI is InChI=1S/C11H10N2O4S/c1-13(2)6-3-4-8-7(5-6)9(11(14)15)10(12-8)18(16)17/h3-5H,1-2H3,(H,14,15). The number of carboxylic acids is 1. The third-order valence-corrected chi connectivity index (χ3v) is 3.18. The highest BCUT2D eigenvalue weighted by Gasteiger charge is 2.22. The van der Waals surface area contributed by atoms with Crippen molar-refractivity contribution in [2.45, 2.75) is 0 Å². The second-order valence-corrected chi connectivity index (χ2v) is 4.78. The van der Waals surface area contributed by atoms with Gasteiger partial charge in [-0.1, -0.05) is 0 Å². The van der Waals surface area contributed by atoms with Crippen LogP contribution < -0.4 is 15.5 Å². The Morgan fingerprint density at radius 2 is 2.00 bits per heavy atom. The summed E-state index contributed by atoms with van der Waals surface area (Å²) in [5.41, 5.74) is 0.502. The molecule has 0 atom stereocenters. The van der Waals surface area contributed by atoms with Crippen molar-refractivity contribution in [3.63, 3.8) is 0 Å². The van der Waals surface area contributed by atoms with E-state index in [1.807, 2.05) is 14.1 Å². The molecular weight excluding hydrogens is 256 g/mol. The van der Waals surface area contributed by atoms with E-state index in [4.69, 9.17) is 5.11 Å². The van der Waals surface area contributed by atoms with E-state index in [0.29, 0.717) is 10.6 Å². The molecule has 0 amide bonds. The number of nitrogens with zero attached hydrogens (tertiary/aromatic N) is 2. The van der Waals surface area contributed by atoms with Crippen LogP contribution in [-0.4, -0.2) is 38.6 Å². The molecule has 0 aromatic heterocycles. The lowest BCUT2D eigenvalue weighted by Crippen LogP contribution is -2.27. The number of rotatable bonds is 2. The van der Waals surface area contributed by atoms with Gasteiger partial charge in [0.05, 0.1) is 5.36 Å². The third kappa shape index (κ3) is 1.88. The van der Waals surface area contributed by atoms with E-state index in [9.17, 15) is 13.2 Å². The van der Waals surface area contributed by atoms with Crippen molar-refractivity contribution in [3.05, 3.63) is 28.8 Å². The first-order valence-corrected chi connectivity index (χ1v) is 6.09. The lowest BCUT2D eigenvalue weighted by molar-refractivity contribution is -0.130. The highest BCUT2D eigenvalue weighted by Crippen LogP contribution is 2.08. The molecule has 1 aliphatic rings. The van der Waals surface area contributed by atoms with Crippen LogP contribution in [0.5, 0.6) is 0 Å². The first kappa shape index (κ1) is 12.3. The van der Waals surface area contributed by atoms with Crippen LogP contribution in [0.25, 0.3) is 5.57 Å². The Morgan fingerprint density at radius 1 is 1.33 bits per heavy atom. The van der Waals surface area contributed by atoms with Crippen LogP contribution >= 0.6 is 0 Å². The summed E-state index contributed by atoms with van der Waals surface area (Å²) in [5.74, 6) is -1.30. The zero-order valence-corrected chi connectivity index (χ0v) is 10.5. The maximum absolute atomic E-state index is 11.2. The normalized spacial score (nSPS) is 13.0. The van der Waals surface area contributed by atoms with Crippen LogP contribution in [0.3, 0.4) is 0 Å². The lowest BCUT2D eigenvalue weighted by atomic mass is 10.1. The first-order valence-electron chi connectivity index (χ1n) is 5.02. The lowest BCUT2D eigenvalue weighted by Gasteiger charge is -2.11. The summed E-state index contributed by atoms with van der Waals surface area (Å²) in [4.78, 5) is 16.4. The van der Waals surface area contributed by atoms with Crippen molar-refractivity contribution < 1.29 is 18.3 Å². The molecule has 0 bridgehead atoms. The summed E-state index contributed by atoms with van der Waals surface area (Å²) in [7, 11) is 0.954. The van der Waals surface area contributed by atoms with Crippen molar-refractivity contribution in [2.75, 3.05) is 19.0 Å². The quantitative estimate of drug-likeness (QED) is 0.667. The van der Waals surface area contributed by atoms with Crippen molar-refractivity contribution in [3.8, 4) is 0 Å². The minimum absolute atomic E-state index is 0.276. The van der Waals surface area contributed by atoms with Crippen LogP contribution in [0.15, 0.2) is 23.2 Å². The second kappa shape index (κ2) is 4.26. The van der Waals surface area contributed by atoms with E-state index in [1.54, 1.807) is 23.1 Å². The van der Waals surface area contributed by atoms with Gasteiger partial charge in [-0.05, 0) is 18.2 Å². The predicted octanol–water partition coefficient (Wildman–Crippen LogP) is -1.37. The molecule has 0 radical (unpaired) electrons. The molecule has 1 aromatic carbocycles. The second-order valence-electron chi connectivity index (χ2n) is 3.93. The molecular formula is C11H10N2O4S. The fourth-order valence-electron chi connectivity index (χ4n) is 1.71. The average Bonchev–Trinajstić information content (AvgIpc) is 2.66. The zero-order valence-electron chi connectivity index (χ0n) is 9.71. The van der Waals surface area contributed by atoms with Gasteiger partial charge in [-0.2, -0.15) is 8.42 Å². The molecule has 0 saturated heterocycles. The molecule has 1 aliphatic heterocycles. The van der Waals surface area contributed by atoms with Crippen molar-refractivity contribution >= 4 is 32.5 Å². The highest BCUT2D eigenvalue weighted by atomic mass is 32.2. The van der Waals surface area contributed by atoms with Gasteiger partial charge in [-0.25, -0.2) is 9.79 Å². The van der Waals surface area contributed by atoms with Gasteiger partial charge in [-0.15, -0.1) is 0 Å². The molecule has 0 unspecified atom stereocenters. The number of hydrogen-bond acceptors (Lipinski definition) is 4. The minimum Gasteiger partial charge on any atom is -0.478 e. The van der Waals surface area contributed by atoms with E-state index in [-0.39, 0.29) is 5.57 Å². The largest absolute Gasteiger partial charge is 0.478 e. The van der Waals surface area contributed by atoms with E-state index in [1.165, 1.54) is 0 Å². The minimum atomic E-state index is -2.67. The maximum atomic E-state index is 11.2. The summed E-state index contributed by atoms with van der Waals surface area (Å²) in [6.45, 7) is 0. The number of benzene rings is 1. The fourth-order valence-corrected chi connectivity index (χ4v) is 2.24. The third-order valence-electron chi connectivity index (χ3n) is 2.57. The molecule has 1 N–H and O–H groups in total. The zero-order chi connectivity index (χ0) is 13.4. The molecule has 94 valence electrons. The van der Waals surface area contributed by atoms with E-state index in [0.717, 1.165) is 5.69 Å². The van der Waals surface area contributed by atoms with Gasteiger partial charge in [0.15, 0.2) is 4.99 Å². The Morgan fingerprint density at radius 3 is 2.50 bits per heavy atom. The topological polar surface area (TPSA) is 87.0 Å². The molecule has 6 nitrogen and oxygen atoms in total. The van der Waals surface area contributed by atoms with Crippen LogP contribution in [0, 0.1) is 0 Å². The number of aliphatic carboxylic acids is 1. The van der Waals surface area contributed by atoms with Gasteiger partial charge in [-0.3, -0.25) is 0 Å². The van der Waals surface area contributed by atoms with Crippen molar-refractivity contribution in [1.82, 2.24) is 0 Å². The molecule has 0 spiro atoms. The van der Waals surface area contributed by atoms with Gasteiger partial charge in [0.1, 0.15) is 5.57 Å². The summed E-state index contributed by atoms with van der Waals surface area (Å²) in [6.07, 6.45) is 0. The maximum Gasteiger partial charge on any atom is 0.339 e. The number of carbonyl (C=O) groups is 1. The van der Waals surface area contributed by atoms with Gasteiger partial charge in [0.25, 0.3) is 0 Å². The number of fused-ring (bicyclic) bond motifs is 1. The summed E-state index contributed by atoms with van der Waals surface area (Å²) in [5, 5.41) is 9.79. The Hall–Kier alpha value is -2.15. The Labute approximate surface area is 104 Å². The summed E-state index contributed by atoms with van der Waals surface area (Å²) in [6, 6.07) is 4.97. The molecule has 0 aliphatic carbocycles. The average molecular weight is 266 g/mol. The molecule has 0 saturated carbocycles. The van der Waals surface area contributed by atoms with Crippen molar-refractivity contribution in [1.29, 1.82) is 0 Å². The molecule has 1 aromatic rings. The van der Waals surface area contributed by atoms with Gasteiger partial charge in [0.2, 0.25) is 10.3 Å². The Kier molecular flexibility index (Phi) is 2.92. The van der Waals surface area contributed by atoms with Gasteiger partial charge < -0.3 is 10.0 Å². The van der Waals surface area contributed by atoms with E-state index >= 15 is 0 Å². The SMILES string of the molecule is CN(C)c1ccc2c(c1)=C(C(=O)O)C(=S(=O)=O)N=2. The van der Waals surface area contributed by atoms with E-state index < -0.39 is 21.3 Å². The van der Waals surface area contributed by atoms with Crippen LogP contribution in [0.4, 0.5) is 5.69 Å². The molecule has 7 heteroatoms. The molecule has 18 heavy (non-hydrogen) atoms. The number of hydrogen-bond donors (Lipinski definition) is 1. The Balaban J connectivity index is 2.94. The fraction of sp³-hybridized carbons (Fsp3) is 0.182. The predicted molar refractivity (Wildman–Crippen MR) is 66.5 cm³/mol. The van der Waals surface area contributed by atoms with Crippen LogP contribution in [0.2, 0.25) is 0 Å².